The molecule has 10 heterocycles. The maximum Gasteiger partial charge on any atom is 0.411 e. The standard InChI is InChI=1S/C28H28BrN7O3.C18H25BrN2O3.C13H17BrN2O.C11H19NO4.C6H7BrN2.CH4.ClH.S4.S3.S2.H2S/c1-15-9-23(28(39)33-27-16(2)5-8-24(29)32-27)35(13-15)25(38)14-36-22-7-6-19(20-11-30-18(4)31-12-20)10-21(22)26(34-36)17(3)37;1-11-8-14(21(10-11)17(23)24-18(3,4)5)15(22)9-13-12(2)6-7-16(19)20-13;1-8-5-11(15-7-8)12(17)6-10-9(2)3-4-13(14)16-10;1-7-5-8(9(13)14)12(6-7)10(15)16-11(2,3)4;1-4-2-3-5(7)9-6(4)8;;;1-3-4-2;1-3-2;1-2;/h5-8,10-12,15,23H,9,13-14H2,1-4H3,(H,32,33,39);6-7,11,14H,8-10H2,1-5H3;3-4,8,11,15H,5-7H2,1-2H3;7-8H,5-6H2,1-4H3,(H,13,14);2-3H,1H3,(H2,8,9);1H4;1H;;;;1H2/t15-,23+;11-,14+;8-,11+;7-,8+;;;;;;;/m1111......./s1. The Bertz CT molecular complexity index is 4680. The minimum Gasteiger partial charge on any atom is -0.480 e. The van der Waals surface area contributed by atoms with Gasteiger partial charge in [0.05, 0.1) is 41.8 Å². The molecule has 4 saturated heterocycles. The number of carbonyl (C=O) groups is 8. The van der Waals surface area contributed by atoms with Gasteiger partial charge < -0.3 is 35.8 Å². The maximum atomic E-state index is 13.6. The van der Waals surface area contributed by atoms with Crippen molar-refractivity contribution in [1.82, 2.24) is 59.7 Å². The molecule has 1 aromatic carbocycles. The van der Waals surface area contributed by atoms with E-state index in [1.807, 2.05) is 137 Å². The first-order chi connectivity index (χ1) is 53.5. The summed E-state index contributed by atoms with van der Waals surface area (Å²) in [4.78, 5) is 129. The Morgan fingerprint density at radius 2 is 1.03 bits per heavy atom. The van der Waals surface area contributed by atoms with Crippen molar-refractivity contribution < 1.29 is 52.9 Å². The van der Waals surface area contributed by atoms with Gasteiger partial charge in [-0.2, -0.15) is 18.6 Å². The van der Waals surface area contributed by atoms with Crippen molar-refractivity contribution in [3.8, 4) is 11.1 Å². The van der Waals surface area contributed by atoms with Crippen LogP contribution in [0.25, 0.3) is 22.0 Å². The summed E-state index contributed by atoms with van der Waals surface area (Å²) < 4.78 is 15.1. The van der Waals surface area contributed by atoms with Crippen molar-refractivity contribution in [1.29, 1.82) is 0 Å². The van der Waals surface area contributed by atoms with E-state index in [0.29, 0.717) is 88.8 Å². The SMILES string of the molecule is C.CC(=O)c1nn(CC(=O)N2C[C@H](C)C[C@H]2C(=O)Nc2nc(Br)ccc2C)c2ccc(-c3cnc(C)nc3)cc12.C[C@@H]1C[C@@H](C(=O)O)N(C(=O)OC(C)(C)C)C1.Cc1ccc(Br)nc1CC(=O)[C@@H]1C[C@@H](C)CN1.Cc1ccc(Br)nc1CC(=O)[C@@H]1C[C@@H](C)CN1C(=O)OC(C)(C)C.Cc1ccc(Br)nc1N.Cl.S.S=S.S=S=S.S=S=S=S. The van der Waals surface area contributed by atoms with Crippen LogP contribution in [0.5, 0.6) is 0 Å². The van der Waals surface area contributed by atoms with Gasteiger partial charge in [0.15, 0.2) is 17.3 Å². The Balaban J connectivity index is 0.000000757. The lowest BCUT2D eigenvalue weighted by Gasteiger charge is -2.28. The number of aryl methyl sites for hydroxylation is 5. The van der Waals surface area contributed by atoms with Crippen LogP contribution in [0, 0.1) is 58.3 Å². The number of carbonyl (C=O) groups excluding carboxylic acids is 7. The number of benzene rings is 1. The Kier molecular flexibility index (Phi) is 49.5. The Morgan fingerprint density at radius 3 is 1.48 bits per heavy atom. The highest BCUT2D eigenvalue weighted by molar-refractivity contribution is 9.11. The van der Waals surface area contributed by atoms with Crippen molar-refractivity contribution in [2.45, 2.75) is 199 Å². The Morgan fingerprint density at radius 1 is 0.598 bits per heavy atom. The number of nitrogens with zero attached hydrogens (tertiary/aromatic N) is 11. The molecule has 0 bridgehead atoms. The molecule has 4 amide bonds. The monoisotopic (exact) mass is 2070 g/mol. The number of nitrogen functional groups attached to an aromatic ring is 1. The van der Waals surface area contributed by atoms with E-state index in [4.69, 9.17) is 20.3 Å². The molecule has 4 aliphatic heterocycles. The zero-order chi connectivity index (χ0) is 85.8. The van der Waals surface area contributed by atoms with Gasteiger partial charge in [-0.25, -0.2) is 44.3 Å². The van der Waals surface area contributed by atoms with Crippen molar-refractivity contribution >= 4 is 253 Å². The van der Waals surface area contributed by atoms with Crippen LogP contribution < -0.4 is 16.4 Å². The smallest absolute Gasteiger partial charge is 0.411 e. The minimum absolute atomic E-state index is 0. The Labute approximate surface area is 771 Å². The van der Waals surface area contributed by atoms with Gasteiger partial charge in [-0.15, -0.1) is 12.4 Å². The van der Waals surface area contributed by atoms with E-state index in [9.17, 15) is 38.4 Å². The topological polar surface area (TPSA) is 330 Å². The number of ketones is 3. The molecule has 25 nitrogen and oxygen atoms in total. The zero-order valence-corrected chi connectivity index (χ0v) is 82.5. The van der Waals surface area contributed by atoms with Crippen LogP contribution in [0.3, 0.4) is 0 Å². The number of amides is 4. The van der Waals surface area contributed by atoms with E-state index in [1.54, 1.807) is 53.7 Å². The lowest BCUT2D eigenvalue weighted by Crippen LogP contribution is -2.44. The van der Waals surface area contributed by atoms with Gasteiger partial charge in [0.1, 0.15) is 71.4 Å². The lowest BCUT2D eigenvalue weighted by atomic mass is 10.00. The number of aliphatic carboxylic acids is 1. The van der Waals surface area contributed by atoms with Crippen molar-refractivity contribution in [3.05, 3.63) is 143 Å². The summed E-state index contributed by atoms with van der Waals surface area (Å²) in [5.41, 5.74) is 12.4. The predicted octanol–water partition coefficient (Wildman–Crippen LogP) is 15.1. The first-order valence-corrected chi connectivity index (χ1v) is 47.0. The number of ether oxygens (including phenoxy) is 2. The molecule has 117 heavy (non-hydrogen) atoms. The molecule has 40 heteroatoms. The molecule has 0 unspecified atom stereocenters. The molecule has 6 aromatic heterocycles. The van der Waals surface area contributed by atoms with Gasteiger partial charge >= 0.3 is 18.2 Å². The molecule has 5 N–H and O–H groups in total. The second-order valence-corrected chi connectivity index (χ2v) is 38.3. The molecule has 4 aliphatic rings. The molecule has 8 atom stereocenters. The number of carboxylic acid groups (broad SMARTS) is 1. The number of aromatic nitrogens is 8. The van der Waals surface area contributed by atoms with E-state index in [0.717, 1.165) is 75.8 Å². The van der Waals surface area contributed by atoms with Gasteiger partial charge in [0.2, 0.25) is 11.8 Å². The third-order valence-corrected chi connectivity index (χ3v) is 21.7. The highest BCUT2D eigenvalue weighted by Gasteiger charge is 2.42. The van der Waals surface area contributed by atoms with Gasteiger partial charge in [-0.1, -0.05) is 65.5 Å². The number of nitrogens with two attached hydrogens (primary N) is 1. The van der Waals surface area contributed by atoms with Crippen LogP contribution >= 0.6 is 89.6 Å². The fourth-order valence-electron chi connectivity index (χ4n) is 12.3. The van der Waals surface area contributed by atoms with Crippen LogP contribution in [0.4, 0.5) is 21.2 Å². The molecule has 0 spiro atoms. The summed E-state index contributed by atoms with van der Waals surface area (Å²) in [6, 6.07) is 19.0. The molecule has 0 radical (unpaired) electrons. The molecule has 4 fully saturated rings. The number of pyridine rings is 4. The largest absolute Gasteiger partial charge is 0.480 e. The summed E-state index contributed by atoms with van der Waals surface area (Å²) >= 11 is 37.5. The van der Waals surface area contributed by atoms with Gasteiger partial charge in [-0.05, 0) is 260 Å². The number of hydrogen-bond acceptors (Lipinski definition) is 25. The Hall–Kier alpha value is -5.37. The first kappa shape index (κ1) is 110. The summed E-state index contributed by atoms with van der Waals surface area (Å²) in [6.07, 6.45) is 5.83. The van der Waals surface area contributed by atoms with Crippen LogP contribution in [-0.2, 0) is 147 Å². The normalized spacial score (nSPS) is 18.0. The van der Waals surface area contributed by atoms with Crippen LogP contribution in [0.2, 0.25) is 0 Å². The fourth-order valence-corrected chi connectivity index (χ4v) is 13.6. The summed E-state index contributed by atoms with van der Waals surface area (Å²) in [7, 11) is 3.26. The van der Waals surface area contributed by atoms with E-state index in [1.165, 1.54) is 29.6 Å². The molecule has 642 valence electrons. The number of nitrogens with one attached hydrogen (secondary N) is 2. The average molecular weight is 2080 g/mol. The van der Waals surface area contributed by atoms with Crippen LogP contribution in [0.1, 0.15) is 159 Å². The van der Waals surface area contributed by atoms with E-state index in [-0.39, 0.29) is 105 Å². The third kappa shape index (κ3) is 36.3. The average Bonchev–Trinajstić information content (AvgIpc) is 1.63. The molecular formula is C77H103Br4ClN14O11S10. The predicted molar refractivity (Wildman–Crippen MR) is 507 cm³/mol. The number of hydrogen-bond donors (Lipinski definition) is 4. The van der Waals surface area contributed by atoms with E-state index >= 15 is 0 Å². The van der Waals surface area contributed by atoms with Crippen molar-refractivity contribution in [3.63, 3.8) is 0 Å². The first-order valence-electron chi connectivity index (χ1n) is 35.8. The van der Waals surface area contributed by atoms with Crippen LogP contribution in [-0.4, -0.2) is 168 Å². The number of halogens is 5. The van der Waals surface area contributed by atoms with Gasteiger partial charge in [0.25, 0.3) is 0 Å². The molecule has 0 aliphatic carbocycles. The molecule has 0 saturated carbocycles. The number of Topliss-reactive ketones (excluding diaryl/α,β-unsaturated/α-hetero) is 3. The maximum absolute atomic E-state index is 13.6. The zero-order valence-electron chi connectivity index (χ0n) is 67.0. The number of rotatable bonds is 13. The molecular weight excluding hydrogens is 1970 g/mol. The highest BCUT2D eigenvalue weighted by atomic mass is 79.9. The van der Waals surface area contributed by atoms with Gasteiger partial charge in [-0.3, -0.25) is 38.5 Å². The van der Waals surface area contributed by atoms with Gasteiger partial charge in [0, 0.05) is 144 Å². The van der Waals surface area contributed by atoms with E-state index < -0.39 is 47.5 Å². The number of anilines is 2. The third-order valence-electron chi connectivity index (χ3n) is 17.7. The van der Waals surface area contributed by atoms with E-state index in [2.05, 4.69) is 183 Å². The van der Waals surface area contributed by atoms with Crippen molar-refractivity contribution in [2.24, 2.45) is 23.7 Å². The fraction of sp³-hybridized carbons (Fsp3) is 0.494. The summed E-state index contributed by atoms with van der Waals surface area (Å²) in [6.45, 7) is 32.2. The summed E-state index contributed by atoms with van der Waals surface area (Å²) in [5.74, 6) is 1.53. The second-order valence-electron chi connectivity index (χ2n) is 29.7. The highest BCUT2D eigenvalue weighted by Crippen LogP contribution is 2.32. The lowest BCUT2D eigenvalue weighted by molar-refractivity contribution is -0.142. The quantitative estimate of drug-likeness (QED) is 0.0615. The minimum atomic E-state index is -0.963. The number of fused-ring (bicyclic) bond motifs is 1. The molecule has 11 rings (SSSR count). The summed E-state index contributed by atoms with van der Waals surface area (Å²) in [5, 5.41) is 20.3. The molecule has 7 aromatic rings. The van der Waals surface area contributed by atoms with Crippen LogP contribution in [0.15, 0.2) is 97.5 Å². The second kappa shape index (κ2) is 52.8. The number of carboxylic acids is 1. The number of likely N-dealkylation sites (tertiary alicyclic amines) is 3. The van der Waals surface area contributed by atoms with Crippen molar-refractivity contribution in [2.75, 3.05) is 37.2 Å².